The molecule has 2 heterocycles. The van der Waals surface area contributed by atoms with Gasteiger partial charge in [0.15, 0.2) is 0 Å². The number of hydrogen-bond donors (Lipinski definition) is 2. The van der Waals surface area contributed by atoms with Crippen molar-refractivity contribution in [1.82, 2.24) is 15.5 Å². The molecule has 4 nitrogen and oxygen atoms in total. The molecule has 0 aromatic rings. The first-order valence-corrected chi connectivity index (χ1v) is 6.55. The second kappa shape index (κ2) is 5.64. The van der Waals surface area contributed by atoms with Crippen LogP contribution >= 0.6 is 0 Å². The molecule has 2 rings (SSSR count). The molecule has 2 fully saturated rings. The standard InChI is InChI=1S/C12H23N3O/c1-2-13-12(16)9-14-10-6-8-15-7-4-3-5-11(10)15/h10-11,14H,2-9H2,1H3,(H,13,16). The van der Waals surface area contributed by atoms with Crippen LogP contribution in [-0.2, 0) is 4.79 Å². The zero-order chi connectivity index (χ0) is 11.4. The summed E-state index contributed by atoms with van der Waals surface area (Å²) < 4.78 is 0. The van der Waals surface area contributed by atoms with Crippen LogP contribution in [0.25, 0.3) is 0 Å². The van der Waals surface area contributed by atoms with E-state index in [1.54, 1.807) is 0 Å². The molecule has 92 valence electrons. The summed E-state index contributed by atoms with van der Waals surface area (Å²) in [7, 11) is 0. The van der Waals surface area contributed by atoms with Gasteiger partial charge in [0, 0.05) is 25.2 Å². The summed E-state index contributed by atoms with van der Waals surface area (Å²) in [5, 5.41) is 6.24. The summed E-state index contributed by atoms with van der Waals surface area (Å²) in [6.45, 7) is 5.61. The van der Waals surface area contributed by atoms with Crippen LogP contribution in [0, 0.1) is 0 Å². The van der Waals surface area contributed by atoms with Crippen LogP contribution in [0.15, 0.2) is 0 Å². The van der Waals surface area contributed by atoms with Crippen LogP contribution in [0.1, 0.15) is 32.6 Å². The van der Waals surface area contributed by atoms with Gasteiger partial charge in [0.1, 0.15) is 0 Å². The number of hydrogen-bond acceptors (Lipinski definition) is 3. The second-order valence-corrected chi connectivity index (χ2v) is 4.83. The van der Waals surface area contributed by atoms with Gasteiger partial charge in [0.05, 0.1) is 6.54 Å². The molecule has 2 atom stereocenters. The fourth-order valence-corrected chi connectivity index (χ4v) is 2.97. The summed E-state index contributed by atoms with van der Waals surface area (Å²) in [5.74, 6) is 0.122. The number of carbonyl (C=O) groups excluding carboxylic acids is 1. The summed E-state index contributed by atoms with van der Waals surface area (Å²) in [4.78, 5) is 14.0. The lowest BCUT2D eigenvalue weighted by molar-refractivity contribution is -0.120. The Kier molecular flexibility index (Phi) is 4.18. The number of nitrogens with one attached hydrogen (secondary N) is 2. The second-order valence-electron chi connectivity index (χ2n) is 4.83. The van der Waals surface area contributed by atoms with Crippen molar-refractivity contribution in [2.75, 3.05) is 26.2 Å². The minimum Gasteiger partial charge on any atom is -0.355 e. The Hall–Kier alpha value is -0.610. The molecule has 0 aliphatic carbocycles. The fraction of sp³-hybridized carbons (Fsp3) is 0.917. The van der Waals surface area contributed by atoms with E-state index in [9.17, 15) is 4.79 Å². The zero-order valence-electron chi connectivity index (χ0n) is 10.2. The van der Waals surface area contributed by atoms with E-state index in [0.717, 1.165) is 6.54 Å². The van der Waals surface area contributed by atoms with Crippen molar-refractivity contribution in [2.45, 2.75) is 44.7 Å². The highest BCUT2D eigenvalue weighted by Gasteiger charge is 2.35. The minimum atomic E-state index is 0.122. The molecule has 0 spiro atoms. The average Bonchev–Trinajstić information content (AvgIpc) is 2.70. The van der Waals surface area contributed by atoms with E-state index < -0.39 is 0 Å². The first-order chi connectivity index (χ1) is 7.81. The molecule has 2 aliphatic heterocycles. The van der Waals surface area contributed by atoms with E-state index in [4.69, 9.17) is 0 Å². The minimum absolute atomic E-state index is 0.122. The van der Waals surface area contributed by atoms with Gasteiger partial charge in [0.2, 0.25) is 5.91 Å². The van der Waals surface area contributed by atoms with Crippen molar-refractivity contribution < 1.29 is 4.79 Å². The quantitative estimate of drug-likeness (QED) is 0.725. The third-order valence-corrected chi connectivity index (χ3v) is 3.75. The lowest BCUT2D eigenvalue weighted by atomic mass is 9.99. The van der Waals surface area contributed by atoms with Gasteiger partial charge in [-0.05, 0) is 32.7 Å². The topological polar surface area (TPSA) is 44.4 Å². The molecule has 0 radical (unpaired) electrons. The molecule has 2 N–H and O–H groups in total. The Labute approximate surface area is 97.8 Å². The van der Waals surface area contributed by atoms with Crippen molar-refractivity contribution in [3.8, 4) is 0 Å². The molecule has 2 aliphatic rings. The molecule has 0 saturated carbocycles. The van der Waals surface area contributed by atoms with Gasteiger partial charge in [-0.3, -0.25) is 9.69 Å². The van der Waals surface area contributed by atoms with Gasteiger partial charge in [-0.15, -0.1) is 0 Å². The molecule has 2 saturated heterocycles. The first-order valence-electron chi connectivity index (χ1n) is 6.55. The number of piperidine rings is 1. The number of amides is 1. The maximum Gasteiger partial charge on any atom is 0.233 e. The summed E-state index contributed by atoms with van der Waals surface area (Å²) in [5.41, 5.74) is 0. The highest BCUT2D eigenvalue weighted by atomic mass is 16.1. The average molecular weight is 225 g/mol. The highest BCUT2D eigenvalue weighted by Crippen LogP contribution is 2.26. The molecule has 0 aromatic carbocycles. The van der Waals surface area contributed by atoms with Crippen LogP contribution in [-0.4, -0.2) is 49.1 Å². The van der Waals surface area contributed by atoms with Gasteiger partial charge in [-0.25, -0.2) is 0 Å². The molecule has 1 amide bonds. The van der Waals surface area contributed by atoms with Crippen molar-refractivity contribution in [3.05, 3.63) is 0 Å². The van der Waals surface area contributed by atoms with Crippen molar-refractivity contribution in [3.63, 3.8) is 0 Å². The lowest BCUT2D eigenvalue weighted by Crippen LogP contribution is -2.47. The summed E-state index contributed by atoms with van der Waals surface area (Å²) in [6.07, 6.45) is 5.19. The van der Waals surface area contributed by atoms with Crippen LogP contribution in [0.2, 0.25) is 0 Å². The predicted octanol–water partition coefficient (Wildman–Crippen LogP) is 0.339. The Morgan fingerprint density at radius 1 is 1.31 bits per heavy atom. The van der Waals surface area contributed by atoms with Gasteiger partial charge >= 0.3 is 0 Å². The molecular weight excluding hydrogens is 202 g/mol. The van der Waals surface area contributed by atoms with E-state index in [1.807, 2.05) is 6.92 Å². The number of likely N-dealkylation sites (N-methyl/N-ethyl adjacent to an activating group) is 1. The summed E-state index contributed by atoms with van der Waals surface area (Å²) in [6, 6.07) is 1.21. The molecule has 2 unspecified atom stereocenters. The first kappa shape index (κ1) is 11.9. The third-order valence-electron chi connectivity index (χ3n) is 3.75. The van der Waals surface area contributed by atoms with Gasteiger partial charge in [-0.2, -0.15) is 0 Å². The molecule has 0 bridgehead atoms. The van der Waals surface area contributed by atoms with Crippen LogP contribution in [0.3, 0.4) is 0 Å². The van der Waals surface area contributed by atoms with Gasteiger partial charge < -0.3 is 10.6 Å². The van der Waals surface area contributed by atoms with E-state index in [1.165, 1.54) is 38.8 Å². The maximum atomic E-state index is 11.4. The van der Waals surface area contributed by atoms with Gasteiger partial charge in [-0.1, -0.05) is 6.42 Å². The zero-order valence-corrected chi connectivity index (χ0v) is 10.2. The Bertz CT molecular complexity index is 244. The number of rotatable bonds is 4. The SMILES string of the molecule is CCNC(=O)CNC1CCN2CCCCC12. The van der Waals surface area contributed by atoms with E-state index >= 15 is 0 Å². The van der Waals surface area contributed by atoms with E-state index in [0.29, 0.717) is 18.6 Å². The third kappa shape index (κ3) is 2.74. The lowest BCUT2D eigenvalue weighted by Gasteiger charge is -2.32. The number of carbonyl (C=O) groups is 1. The normalized spacial score (nSPS) is 30.1. The molecule has 0 aromatic heterocycles. The van der Waals surface area contributed by atoms with Crippen LogP contribution in [0.4, 0.5) is 0 Å². The smallest absolute Gasteiger partial charge is 0.233 e. The van der Waals surface area contributed by atoms with E-state index in [2.05, 4.69) is 15.5 Å². The number of nitrogens with zero attached hydrogens (tertiary/aromatic N) is 1. The molecular formula is C12H23N3O. The highest BCUT2D eigenvalue weighted by molar-refractivity contribution is 5.77. The monoisotopic (exact) mass is 225 g/mol. The van der Waals surface area contributed by atoms with Crippen molar-refractivity contribution in [1.29, 1.82) is 0 Å². The largest absolute Gasteiger partial charge is 0.355 e. The summed E-state index contributed by atoms with van der Waals surface area (Å²) >= 11 is 0. The van der Waals surface area contributed by atoms with Crippen molar-refractivity contribution >= 4 is 5.91 Å². The van der Waals surface area contributed by atoms with Crippen molar-refractivity contribution in [2.24, 2.45) is 0 Å². The maximum absolute atomic E-state index is 11.4. The molecule has 4 heteroatoms. The van der Waals surface area contributed by atoms with Gasteiger partial charge in [0.25, 0.3) is 0 Å². The fourth-order valence-electron chi connectivity index (χ4n) is 2.97. The Morgan fingerprint density at radius 2 is 2.19 bits per heavy atom. The number of fused-ring (bicyclic) bond motifs is 1. The molecule has 16 heavy (non-hydrogen) atoms. The Balaban J connectivity index is 1.75. The van der Waals surface area contributed by atoms with Crippen LogP contribution in [0.5, 0.6) is 0 Å². The van der Waals surface area contributed by atoms with Crippen LogP contribution < -0.4 is 10.6 Å². The Morgan fingerprint density at radius 3 is 3.00 bits per heavy atom. The van der Waals surface area contributed by atoms with E-state index in [-0.39, 0.29) is 5.91 Å². The predicted molar refractivity (Wildman–Crippen MR) is 64.3 cm³/mol.